The zero-order chi connectivity index (χ0) is 21.1. The Morgan fingerprint density at radius 2 is 1.73 bits per heavy atom. The van der Waals surface area contributed by atoms with Crippen molar-refractivity contribution in [1.29, 1.82) is 0 Å². The van der Waals surface area contributed by atoms with Crippen LogP contribution in [-0.2, 0) is 0 Å². The second-order valence-corrected chi connectivity index (χ2v) is 7.96. The van der Waals surface area contributed by atoms with Gasteiger partial charge < -0.3 is 14.4 Å². The molecule has 1 aliphatic heterocycles. The topological polar surface area (TPSA) is 54.9 Å². The second-order valence-electron chi connectivity index (χ2n) is 6.95. The molecule has 0 atom stereocenters. The molecule has 158 valence electrons. The van der Waals surface area contributed by atoms with Gasteiger partial charge in [-0.3, -0.25) is 9.69 Å². The average Bonchev–Trinajstić information content (AvgIpc) is 3.17. The van der Waals surface area contributed by atoms with E-state index in [1.807, 2.05) is 12.1 Å². The van der Waals surface area contributed by atoms with E-state index in [1.54, 1.807) is 4.90 Å². The first kappa shape index (κ1) is 20.6. The number of amides is 1. The third-order valence-electron chi connectivity index (χ3n) is 5.14. The molecule has 4 rings (SSSR count). The van der Waals surface area contributed by atoms with Gasteiger partial charge in [0.2, 0.25) is 0 Å². The molecule has 1 aliphatic rings. The summed E-state index contributed by atoms with van der Waals surface area (Å²) in [6.07, 6.45) is 0. The van der Waals surface area contributed by atoms with Crippen LogP contribution in [0, 0.1) is 5.82 Å². The number of ether oxygens (including phenoxy) is 2. The van der Waals surface area contributed by atoms with Crippen molar-refractivity contribution in [2.45, 2.75) is 13.8 Å². The summed E-state index contributed by atoms with van der Waals surface area (Å²) in [5.41, 5.74) is 1.19. The SMILES string of the molecule is CCN(CC)CCN(C(=O)c1ccc(F)cc1)c1nc2cc3c(cc2s1)OCCO3. The number of rotatable bonds is 7. The predicted octanol–water partition coefficient (Wildman–Crippen LogP) is 4.20. The molecule has 2 heterocycles. The van der Waals surface area contributed by atoms with Gasteiger partial charge in [0.05, 0.1) is 10.2 Å². The van der Waals surface area contributed by atoms with E-state index in [0.717, 1.165) is 29.9 Å². The van der Waals surface area contributed by atoms with E-state index >= 15 is 0 Å². The van der Waals surface area contributed by atoms with Gasteiger partial charge in [-0.1, -0.05) is 25.2 Å². The van der Waals surface area contributed by atoms with Gasteiger partial charge in [-0.2, -0.15) is 0 Å². The third-order valence-corrected chi connectivity index (χ3v) is 6.18. The highest BCUT2D eigenvalue weighted by Crippen LogP contribution is 2.39. The summed E-state index contributed by atoms with van der Waals surface area (Å²) in [4.78, 5) is 21.9. The highest BCUT2D eigenvalue weighted by molar-refractivity contribution is 7.22. The van der Waals surface area contributed by atoms with Crippen LogP contribution < -0.4 is 14.4 Å². The summed E-state index contributed by atoms with van der Waals surface area (Å²) in [5.74, 6) is 0.805. The molecule has 3 aromatic rings. The van der Waals surface area contributed by atoms with Crippen LogP contribution >= 0.6 is 11.3 Å². The minimum atomic E-state index is -0.369. The number of hydrogen-bond acceptors (Lipinski definition) is 6. The molecule has 0 unspecified atom stereocenters. The van der Waals surface area contributed by atoms with E-state index in [1.165, 1.54) is 35.6 Å². The summed E-state index contributed by atoms with van der Waals surface area (Å²) in [7, 11) is 0. The van der Waals surface area contributed by atoms with E-state index in [4.69, 9.17) is 14.5 Å². The summed E-state index contributed by atoms with van der Waals surface area (Å²) >= 11 is 1.44. The maximum Gasteiger partial charge on any atom is 0.260 e. The number of fused-ring (bicyclic) bond motifs is 2. The van der Waals surface area contributed by atoms with Crippen LogP contribution in [0.3, 0.4) is 0 Å². The summed E-state index contributed by atoms with van der Waals surface area (Å²) in [6, 6.07) is 9.39. The number of thiazole rings is 1. The molecule has 30 heavy (non-hydrogen) atoms. The Labute approximate surface area is 178 Å². The number of halogens is 1. The van der Waals surface area contributed by atoms with Crippen molar-refractivity contribution in [2.75, 3.05) is 44.3 Å². The molecule has 0 aliphatic carbocycles. The van der Waals surface area contributed by atoms with Gasteiger partial charge in [0.25, 0.3) is 5.91 Å². The highest BCUT2D eigenvalue weighted by Gasteiger charge is 2.23. The summed E-state index contributed by atoms with van der Waals surface area (Å²) in [6.45, 7) is 8.23. The lowest BCUT2D eigenvalue weighted by Crippen LogP contribution is -2.38. The number of aromatic nitrogens is 1. The van der Waals surface area contributed by atoms with Gasteiger partial charge in [0, 0.05) is 30.8 Å². The minimum Gasteiger partial charge on any atom is -0.486 e. The number of hydrogen-bond donors (Lipinski definition) is 0. The zero-order valence-electron chi connectivity index (χ0n) is 17.1. The van der Waals surface area contributed by atoms with Crippen LogP contribution in [0.1, 0.15) is 24.2 Å². The Balaban J connectivity index is 1.68. The smallest absolute Gasteiger partial charge is 0.260 e. The molecular weight excluding hydrogens is 405 g/mol. The second kappa shape index (κ2) is 8.97. The van der Waals surface area contributed by atoms with Crippen LogP contribution in [0.25, 0.3) is 10.2 Å². The van der Waals surface area contributed by atoms with Crippen molar-refractivity contribution >= 4 is 32.6 Å². The standard InChI is InChI=1S/C22H24FN3O3S/c1-3-25(4-2)9-10-26(21(27)15-5-7-16(23)8-6-15)22-24-17-13-18-19(14-20(17)30-22)29-12-11-28-18/h5-8,13-14H,3-4,9-12H2,1-2H3. The normalized spacial score (nSPS) is 13.1. The molecule has 0 spiro atoms. The Morgan fingerprint density at radius 3 is 2.40 bits per heavy atom. The molecule has 0 saturated carbocycles. The van der Waals surface area contributed by atoms with E-state index in [9.17, 15) is 9.18 Å². The van der Waals surface area contributed by atoms with Gasteiger partial charge in [-0.05, 0) is 37.4 Å². The lowest BCUT2D eigenvalue weighted by molar-refractivity contribution is 0.0983. The maximum absolute atomic E-state index is 13.3. The first-order valence-electron chi connectivity index (χ1n) is 10.1. The zero-order valence-corrected chi connectivity index (χ0v) is 17.9. The molecule has 0 fully saturated rings. The van der Waals surface area contributed by atoms with Gasteiger partial charge >= 0.3 is 0 Å². The van der Waals surface area contributed by atoms with E-state index in [-0.39, 0.29) is 11.7 Å². The molecule has 0 bridgehead atoms. The fourth-order valence-corrected chi connectivity index (χ4v) is 4.38. The van der Waals surface area contributed by atoms with Gasteiger partial charge in [0.1, 0.15) is 19.0 Å². The van der Waals surface area contributed by atoms with Gasteiger partial charge in [0.15, 0.2) is 16.6 Å². The number of carbonyl (C=O) groups excluding carboxylic acids is 1. The molecule has 8 heteroatoms. The van der Waals surface area contributed by atoms with Crippen molar-refractivity contribution < 1.29 is 18.7 Å². The van der Waals surface area contributed by atoms with E-state index in [0.29, 0.717) is 42.0 Å². The number of anilines is 1. The quantitative estimate of drug-likeness (QED) is 0.564. The molecule has 1 amide bonds. The van der Waals surface area contributed by atoms with E-state index < -0.39 is 0 Å². The number of benzene rings is 2. The van der Waals surface area contributed by atoms with Crippen molar-refractivity contribution in [3.05, 3.63) is 47.8 Å². The van der Waals surface area contributed by atoms with Crippen molar-refractivity contribution in [1.82, 2.24) is 9.88 Å². The number of carbonyl (C=O) groups is 1. The average molecular weight is 430 g/mol. The van der Waals surface area contributed by atoms with Gasteiger partial charge in [-0.15, -0.1) is 0 Å². The van der Waals surface area contributed by atoms with Crippen LogP contribution in [0.2, 0.25) is 0 Å². The number of likely N-dealkylation sites (N-methyl/N-ethyl adjacent to an activating group) is 1. The lowest BCUT2D eigenvalue weighted by atomic mass is 10.2. The summed E-state index contributed by atoms with van der Waals surface area (Å²) in [5, 5.41) is 0.605. The first-order chi connectivity index (χ1) is 14.6. The Morgan fingerprint density at radius 1 is 1.07 bits per heavy atom. The highest BCUT2D eigenvalue weighted by atomic mass is 32.1. The Bertz CT molecular complexity index is 991. The lowest BCUT2D eigenvalue weighted by Gasteiger charge is -2.24. The van der Waals surface area contributed by atoms with Crippen molar-refractivity contribution in [2.24, 2.45) is 0 Å². The molecular formula is C22H24FN3O3S. The largest absolute Gasteiger partial charge is 0.486 e. The fraction of sp³-hybridized carbons (Fsp3) is 0.364. The predicted molar refractivity (Wildman–Crippen MR) is 116 cm³/mol. The van der Waals surface area contributed by atoms with Crippen LogP contribution in [0.5, 0.6) is 11.5 Å². The molecule has 0 N–H and O–H groups in total. The third kappa shape index (κ3) is 4.24. The molecule has 2 aromatic carbocycles. The Kier molecular flexibility index (Phi) is 6.15. The van der Waals surface area contributed by atoms with Crippen molar-refractivity contribution in [3.63, 3.8) is 0 Å². The maximum atomic E-state index is 13.3. The van der Waals surface area contributed by atoms with E-state index in [2.05, 4.69) is 18.7 Å². The minimum absolute atomic E-state index is 0.196. The fourth-order valence-electron chi connectivity index (χ4n) is 3.38. The number of nitrogens with zero attached hydrogens (tertiary/aromatic N) is 3. The monoisotopic (exact) mass is 429 g/mol. The Hall–Kier alpha value is -2.71. The molecule has 0 saturated heterocycles. The summed E-state index contributed by atoms with van der Waals surface area (Å²) < 4.78 is 25.6. The molecule has 0 radical (unpaired) electrons. The molecule has 6 nitrogen and oxygen atoms in total. The van der Waals surface area contributed by atoms with Gasteiger partial charge in [-0.25, -0.2) is 9.37 Å². The molecule has 1 aromatic heterocycles. The van der Waals surface area contributed by atoms with Crippen molar-refractivity contribution in [3.8, 4) is 11.5 Å². The van der Waals surface area contributed by atoms with Crippen LogP contribution in [0.4, 0.5) is 9.52 Å². The first-order valence-corrected chi connectivity index (χ1v) is 10.9. The van der Waals surface area contributed by atoms with Crippen LogP contribution in [-0.4, -0.2) is 55.2 Å². The van der Waals surface area contributed by atoms with Crippen LogP contribution in [0.15, 0.2) is 36.4 Å².